The molecule has 3 heterocycles. The third kappa shape index (κ3) is 4.67. The summed E-state index contributed by atoms with van der Waals surface area (Å²) in [5.41, 5.74) is 11.9. The van der Waals surface area contributed by atoms with Gasteiger partial charge in [0.15, 0.2) is 0 Å². The topological polar surface area (TPSA) is 30.2 Å². The molecule has 3 heteroatoms. The monoisotopic (exact) mass is 549 g/mol. The van der Waals surface area contributed by atoms with Crippen molar-refractivity contribution in [1.82, 2.24) is 14.4 Å². The molecule has 5 aromatic carbocycles. The van der Waals surface area contributed by atoms with E-state index in [9.17, 15) is 0 Å². The molecule has 0 atom stereocenters. The minimum absolute atomic E-state index is 0.928. The molecule has 3 aromatic heterocycles. The van der Waals surface area contributed by atoms with Gasteiger partial charge >= 0.3 is 0 Å². The van der Waals surface area contributed by atoms with Crippen molar-refractivity contribution in [2.24, 2.45) is 0 Å². The van der Waals surface area contributed by atoms with E-state index in [1.807, 2.05) is 24.4 Å². The summed E-state index contributed by atoms with van der Waals surface area (Å²) in [6.45, 7) is 0. The van der Waals surface area contributed by atoms with E-state index in [-0.39, 0.29) is 0 Å². The third-order valence-corrected chi connectivity index (χ3v) is 8.02. The van der Waals surface area contributed by atoms with Crippen molar-refractivity contribution in [1.29, 1.82) is 0 Å². The first kappa shape index (κ1) is 25.0. The van der Waals surface area contributed by atoms with Gasteiger partial charge in [-0.05, 0) is 87.6 Å². The van der Waals surface area contributed by atoms with E-state index in [4.69, 9.17) is 9.97 Å². The van der Waals surface area contributed by atoms with Crippen molar-refractivity contribution >= 4 is 16.4 Å². The number of pyridine rings is 2. The Morgan fingerprint density at radius 1 is 0.419 bits per heavy atom. The fourth-order valence-corrected chi connectivity index (χ4v) is 5.93. The zero-order valence-corrected chi connectivity index (χ0v) is 23.4. The van der Waals surface area contributed by atoms with Crippen LogP contribution in [-0.2, 0) is 0 Å². The van der Waals surface area contributed by atoms with Gasteiger partial charge in [0.2, 0.25) is 0 Å². The maximum absolute atomic E-state index is 5.11. The minimum Gasteiger partial charge on any atom is -0.299 e. The van der Waals surface area contributed by atoms with E-state index in [1.165, 1.54) is 16.3 Å². The van der Waals surface area contributed by atoms with Crippen LogP contribution >= 0.6 is 0 Å². The predicted molar refractivity (Wildman–Crippen MR) is 178 cm³/mol. The lowest BCUT2D eigenvalue weighted by Gasteiger charge is -2.13. The summed E-state index contributed by atoms with van der Waals surface area (Å²) in [6.07, 6.45) is 3.94. The first-order valence-corrected chi connectivity index (χ1v) is 14.5. The molecule has 0 bridgehead atoms. The first-order chi connectivity index (χ1) is 21.3. The lowest BCUT2D eigenvalue weighted by molar-refractivity contribution is 1.19. The van der Waals surface area contributed by atoms with Gasteiger partial charge in [-0.25, -0.2) is 4.98 Å². The summed E-state index contributed by atoms with van der Waals surface area (Å²) >= 11 is 0. The summed E-state index contributed by atoms with van der Waals surface area (Å²) < 4.78 is 2.18. The van der Waals surface area contributed by atoms with Gasteiger partial charge in [0, 0.05) is 29.1 Å². The van der Waals surface area contributed by atoms with Crippen molar-refractivity contribution in [3.05, 3.63) is 164 Å². The number of nitrogens with zero attached hydrogens (tertiary/aromatic N) is 3. The number of fused-ring (bicyclic) bond motifs is 2. The second-order valence-corrected chi connectivity index (χ2v) is 10.8. The molecule has 8 aromatic rings. The fourth-order valence-electron chi connectivity index (χ4n) is 5.93. The van der Waals surface area contributed by atoms with Crippen LogP contribution in [0.2, 0.25) is 0 Å². The van der Waals surface area contributed by atoms with Crippen LogP contribution in [0.15, 0.2) is 164 Å². The maximum atomic E-state index is 5.11. The van der Waals surface area contributed by atoms with Crippen LogP contribution in [0, 0.1) is 0 Å². The highest BCUT2D eigenvalue weighted by Gasteiger charge is 2.17. The number of aromatic nitrogens is 3. The molecule has 0 unspecified atom stereocenters. The standard InChI is InChI=1S/C40H27N3/c1-2-12-29(13-3-1)40-39(42-38-18-7-9-22-43(38)40)33-16-10-15-31(24-33)34-25-35(27-36(26-34)37-17-6-8-21-41-37)32-20-19-28-11-4-5-14-30(28)23-32/h1-27H. The second-order valence-electron chi connectivity index (χ2n) is 10.8. The molecule has 0 spiro atoms. The maximum Gasteiger partial charge on any atom is 0.137 e. The van der Waals surface area contributed by atoms with Crippen LogP contribution in [0.5, 0.6) is 0 Å². The van der Waals surface area contributed by atoms with Crippen molar-refractivity contribution in [2.75, 3.05) is 0 Å². The van der Waals surface area contributed by atoms with Gasteiger partial charge in [-0.2, -0.15) is 0 Å². The Balaban J connectivity index is 1.30. The Bertz CT molecular complexity index is 2230. The Hall–Kier alpha value is -5.80. The summed E-state index contributed by atoms with van der Waals surface area (Å²) in [5, 5.41) is 2.47. The molecular weight excluding hydrogens is 522 g/mol. The number of rotatable bonds is 5. The number of imidazole rings is 1. The summed E-state index contributed by atoms with van der Waals surface area (Å²) in [4.78, 5) is 9.80. The third-order valence-electron chi connectivity index (χ3n) is 8.02. The molecule has 0 aliphatic carbocycles. The number of hydrogen-bond acceptors (Lipinski definition) is 2. The van der Waals surface area contributed by atoms with Crippen molar-refractivity contribution < 1.29 is 0 Å². The lowest BCUT2D eigenvalue weighted by Crippen LogP contribution is -1.90. The van der Waals surface area contributed by atoms with Gasteiger partial charge in [0.25, 0.3) is 0 Å². The molecule has 0 fully saturated rings. The number of benzene rings is 5. The Kier molecular flexibility index (Phi) is 6.12. The smallest absolute Gasteiger partial charge is 0.137 e. The van der Waals surface area contributed by atoms with E-state index in [0.717, 1.165) is 56.1 Å². The molecule has 0 aliphatic rings. The quantitative estimate of drug-likeness (QED) is 0.214. The molecule has 0 saturated heterocycles. The Morgan fingerprint density at radius 2 is 1.09 bits per heavy atom. The molecule has 3 nitrogen and oxygen atoms in total. The largest absolute Gasteiger partial charge is 0.299 e. The summed E-state index contributed by atoms with van der Waals surface area (Å²) in [5.74, 6) is 0. The van der Waals surface area contributed by atoms with Gasteiger partial charge < -0.3 is 0 Å². The molecule has 202 valence electrons. The van der Waals surface area contributed by atoms with E-state index in [2.05, 4.69) is 144 Å². The molecule has 0 amide bonds. The van der Waals surface area contributed by atoms with Crippen molar-refractivity contribution in [2.45, 2.75) is 0 Å². The average molecular weight is 550 g/mol. The molecule has 0 N–H and O–H groups in total. The van der Waals surface area contributed by atoms with E-state index in [0.29, 0.717) is 0 Å². The highest BCUT2D eigenvalue weighted by molar-refractivity contribution is 5.90. The van der Waals surface area contributed by atoms with Crippen LogP contribution in [0.3, 0.4) is 0 Å². The predicted octanol–water partition coefficient (Wildman–Crippen LogP) is 10.2. The van der Waals surface area contributed by atoms with E-state index < -0.39 is 0 Å². The highest BCUT2D eigenvalue weighted by Crippen LogP contribution is 2.37. The van der Waals surface area contributed by atoms with Gasteiger partial charge in [-0.3, -0.25) is 9.38 Å². The first-order valence-electron chi connectivity index (χ1n) is 14.5. The van der Waals surface area contributed by atoms with Crippen molar-refractivity contribution in [3.8, 4) is 56.0 Å². The highest BCUT2D eigenvalue weighted by atomic mass is 15.0. The average Bonchev–Trinajstić information content (AvgIpc) is 3.48. The zero-order chi connectivity index (χ0) is 28.6. The molecular formula is C40H27N3. The SMILES string of the molecule is c1ccc(-c2c(-c3cccc(-c4cc(-c5ccc6ccccc6c5)cc(-c5ccccn5)c4)c3)nc3ccccn23)cc1. The molecule has 0 saturated carbocycles. The Labute approximate surface area is 250 Å². The second kappa shape index (κ2) is 10.6. The number of hydrogen-bond donors (Lipinski definition) is 0. The van der Waals surface area contributed by atoms with Crippen LogP contribution in [-0.4, -0.2) is 14.4 Å². The lowest BCUT2D eigenvalue weighted by atomic mass is 9.92. The van der Waals surface area contributed by atoms with Crippen molar-refractivity contribution in [3.63, 3.8) is 0 Å². The minimum atomic E-state index is 0.928. The Morgan fingerprint density at radius 3 is 1.93 bits per heavy atom. The van der Waals surface area contributed by atoms with Crippen LogP contribution in [0.25, 0.3) is 72.4 Å². The molecule has 0 radical (unpaired) electrons. The van der Waals surface area contributed by atoms with Crippen LogP contribution in [0.1, 0.15) is 0 Å². The fraction of sp³-hybridized carbons (Fsp3) is 0. The summed E-state index contributed by atoms with van der Waals surface area (Å²) in [7, 11) is 0. The molecule has 8 rings (SSSR count). The van der Waals surface area contributed by atoms with E-state index >= 15 is 0 Å². The molecule has 43 heavy (non-hydrogen) atoms. The normalized spacial score (nSPS) is 11.3. The van der Waals surface area contributed by atoms with E-state index in [1.54, 1.807) is 0 Å². The van der Waals surface area contributed by atoms with Crippen LogP contribution in [0.4, 0.5) is 0 Å². The van der Waals surface area contributed by atoms with Gasteiger partial charge in [-0.1, -0.05) is 97.1 Å². The zero-order valence-electron chi connectivity index (χ0n) is 23.4. The summed E-state index contributed by atoms with van der Waals surface area (Å²) in [6, 6.07) is 53.4. The van der Waals surface area contributed by atoms with Gasteiger partial charge in [-0.15, -0.1) is 0 Å². The van der Waals surface area contributed by atoms with Gasteiger partial charge in [0.1, 0.15) is 5.65 Å². The van der Waals surface area contributed by atoms with Gasteiger partial charge in [0.05, 0.1) is 17.1 Å². The molecule has 0 aliphatic heterocycles. The van der Waals surface area contributed by atoms with Crippen LogP contribution < -0.4 is 0 Å².